The molecule has 82 valence electrons. The second kappa shape index (κ2) is 3.74. The van der Waals surface area contributed by atoms with E-state index in [1.165, 1.54) is 0 Å². The monoisotopic (exact) mass is 208 g/mol. The number of phenolic OH excluding ortho intramolecular Hbond substituents is 1. The minimum atomic E-state index is 0.137. The van der Waals surface area contributed by atoms with E-state index in [1.54, 1.807) is 26.4 Å². The van der Waals surface area contributed by atoms with Gasteiger partial charge in [0, 0.05) is 12.5 Å². The van der Waals surface area contributed by atoms with Crippen molar-refractivity contribution >= 4 is 0 Å². The van der Waals surface area contributed by atoms with Crippen molar-refractivity contribution in [3.05, 3.63) is 23.8 Å². The van der Waals surface area contributed by atoms with Crippen LogP contribution < -0.4 is 4.74 Å². The lowest BCUT2D eigenvalue weighted by molar-refractivity contribution is 0.171. The maximum absolute atomic E-state index is 9.68. The molecule has 0 atom stereocenters. The van der Waals surface area contributed by atoms with Gasteiger partial charge in [-0.2, -0.15) is 0 Å². The summed E-state index contributed by atoms with van der Waals surface area (Å²) >= 11 is 0. The summed E-state index contributed by atoms with van der Waals surface area (Å²) in [6.07, 6.45) is 2.26. The molecule has 1 fully saturated rings. The summed E-state index contributed by atoms with van der Waals surface area (Å²) in [5.74, 6) is 0.726. The molecule has 0 heterocycles. The van der Waals surface area contributed by atoms with Gasteiger partial charge in [-0.05, 0) is 30.5 Å². The van der Waals surface area contributed by atoms with Gasteiger partial charge in [0.15, 0.2) is 11.5 Å². The first-order valence-electron chi connectivity index (χ1n) is 5.08. The van der Waals surface area contributed by atoms with Gasteiger partial charge in [-0.25, -0.2) is 0 Å². The van der Waals surface area contributed by atoms with Gasteiger partial charge >= 0.3 is 0 Å². The molecule has 1 aliphatic carbocycles. The van der Waals surface area contributed by atoms with E-state index < -0.39 is 0 Å². The number of phenols is 1. The first-order chi connectivity index (χ1) is 7.22. The number of ether oxygens (including phenoxy) is 2. The highest BCUT2D eigenvalue weighted by molar-refractivity contribution is 5.45. The molecule has 0 radical (unpaired) electrons. The Morgan fingerprint density at radius 2 is 2.07 bits per heavy atom. The average Bonchev–Trinajstić information content (AvgIpc) is 2.99. The SMILES string of the molecule is COCC1(c2ccc(OC)c(O)c2)CC1. The average molecular weight is 208 g/mol. The molecule has 0 aliphatic heterocycles. The largest absolute Gasteiger partial charge is 0.504 e. The van der Waals surface area contributed by atoms with Crippen LogP contribution in [-0.2, 0) is 10.2 Å². The molecule has 0 aromatic heterocycles. The van der Waals surface area contributed by atoms with E-state index >= 15 is 0 Å². The molecule has 0 saturated heterocycles. The van der Waals surface area contributed by atoms with Gasteiger partial charge < -0.3 is 14.6 Å². The lowest BCUT2D eigenvalue weighted by Crippen LogP contribution is -2.13. The van der Waals surface area contributed by atoms with Gasteiger partial charge in [0.2, 0.25) is 0 Å². The van der Waals surface area contributed by atoms with Crippen LogP contribution in [0, 0.1) is 0 Å². The number of benzene rings is 1. The summed E-state index contributed by atoms with van der Waals surface area (Å²) in [5, 5.41) is 9.68. The van der Waals surface area contributed by atoms with Crippen LogP contribution in [0.2, 0.25) is 0 Å². The Kier molecular flexibility index (Phi) is 2.57. The summed E-state index contributed by atoms with van der Waals surface area (Å²) in [5.41, 5.74) is 1.28. The van der Waals surface area contributed by atoms with Gasteiger partial charge in [-0.15, -0.1) is 0 Å². The summed E-state index contributed by atoms with van der Waals surface area (Å²) in [4.78, 5) is 0. The zero-order chi connectivity index (χ0) is 10.9. The molecule has 15 heavy (non-hydrogen) atoms. The van der Waals surface area contributed by atoms with Gasteiger partial charge in [-0.1, -0.05) is 6.07 Å². The van der Waals surface area contributed by atoms with Crippen molar-refractivity contribution < 1.29 is 14.6 Å². The van der Waals surface area contributed by atoms with E-state index in [9.17, 15) is 5.11 Å². The zero-order valence-corrected chi connectivity index (χ0v) is 9.12. The van der Waals surface area contributed by atoms with Crippen LogP contribution in [0.5, 0.6) is 11.5 Å². The number of hydrogen-bond donors (Lipinski definition) is 1. The van der Waals surface area contributed by atoms with Crippen LogP contribution in [0.4, 0.5) is 0 Å². The number of rotatable bonds is 4. The molecule has 1 saturated carbocycles. The van der Waals surface area contributed by atoms with Gasteiger partial charge in [-0.3, -0.25) is 0 Å². The highest BCUT2D eigenvalue weighted by atomic mass is 16.5. The van der Waals surface area contributed by atoms with Crippen molar-refractivity contribution in [2.24, 2.45) is 0 Å². The molecule has 0 bridgehead atoms. The zero-order valence-electron chi connectivity index (χ0n) is 9.12. The number of methoxy groups -OCH3 is 2. The standard InChI is InChI=1S/C12H16O3/c1-14-8-12(5-6-12)9-3-4-11(15-2)10(13)7-9/h3-4,7,13H,5-6,8H2,1-2H3. The predicted octanol–water partition coefficient (Wildman–Crippen LogP) is 2.08. The Morgan fingerprint density at radius 1 is 1.33 bits per heavy atom. The minimum Gasteiger partial charge on any atom is -0.504 e. The highest BCUT2D eigenvalue weighted by Gasteiger charge is 2.44. The Hall–Kier alpha value is -1.22. The third kappa shape index (κ3) is 1.79. The molecule has 2 rings (SSSR count). The third-order valence-corrected chi connectivity index (χ3v) is 3.07. The molecule has 3 heteroatoms. The Morgan fingerprint density at radius 3 is 2.53 bits per heavy atom. The van der Waals surface area contributed by atoms with Gasteiger partial charge in [0.05, 0.1) is 13.7 Å². The summed E-state index contributed by atoms with van der Waals surface area (Å²) in [7, 11) is 3.26. The predicted molar refractivity (Wildman–Crippen MR) is 57.4 cm³/mol. The lowest BCUT2D eigenvalue weighted by atomic mass is 9.96. The molecule has 0 spiro atoms. The lowest BCUT2D eigenvalue weighted by Gasteiger charge is -2.15. The molecule has 1 aromatic carbocycles. The van der Waals surface area contributed by atoms with Crippen LogP contribution in [0.25, 0.3) is 0 Å². The van der Waals surface area contributed by atoms with Crippen LogP contribution in [0.3, 0.4) is 0 Å². The second-order valence-corrected chi connectivity index (χ2v) is 4.10. The van der Waals surface area contributed by atoms with Crippen molar-refractivity contribution in [2.75, 3.05) is 20.8 Å². The normalized spacial score (nSPS) is 17.5. The maximum atomic E-state index is 9.68. The Balaban J connectivity index is 2.26. The molecule has 0 amide bonds. The Labute approximate surface area is 89.6 Å². The van der Waals surface area contributed by atoms with Gasteiger partial charge in [0.25, 0.3) is 0 Å². The number of hydrogen-bond acceptors (Lipinski definition) is 3. The van der Waals surface area contributed by atoms with Crippen molar-refractivity contribution in [1.29, 1.82) is 0 Å². The molecule has 1 aromatic rings. The van der Waals surface area contributed by atoms with Crippen molar-refractivity contribution in [2.45, 2.75) is 18.3 Å². The van der Waals surface area contributed by atoms with E-state index in [1.807, 2.05) is 6.07 Å². The van der Waals surface area contributed by atoms with E-state index in [0.29, 0.717) is 5.75 Å². The molecular formula is C12H16O3. The fourth-order valence-electron chi connectivity index (χ4n) is 1.96. The fourth-order valence-corrected chi connectivity index (χ4v) is 1.96. The summed E-state index contributed by atoms with van der Waals surface area (Å²) in [6.45, 7) is 0.721. The fraction of sp³-hybridized carbons (Fsp3) is 0.500. The quantitative estimate of drug-likeness (QED) is 0.823. The van der Waals surface area contributed by atoms with E-state index in [0.717, 1.165) is 25.0 Å². The molecular weight excluding hydrogens is 192 g/mol. The van der Waals surface area contributed by atoms with Crippen LogP contribution in [-0.4, -0.2) is 25.9 Å². The summed E-state index contributed by atoms with van der Waals surface area (Å²) < 4.78 is 10.2. The minimum absolute atomic E-state index is 0.137. The van der Waals surface area contributed by atoms with Crippen molar-refractivity contribution in [3.8, 4) is 11.5 Å². The molecule has 1 N–H and O–H groups in total. The smallest absolute Gasteiger partial charge is 0.160 e. The number of aromatic hydroxyl groups is 1. The maximum Gasteiger partial charge on any atom is 0.160 e. The third-order valence-electron chi connectivity index (χ3n) is 3.07. The van der Waals surface area contributed by atoms with Crippen molar-refractivity contribution in [1.82, 2.24) is 0 Å². The van der Waals surface area contributed by atoms with Crippen LogP contribution >= 0.6 is 0 Å². The van der Waals surface area contributed by atoms with Crippen LogP contribution in [0.1, 0.15) is 18.4 Å². The van der Waals surface area contributed by atoms with E-state index in [2.05, 4.69) is 0 Å². The second-order valence-electron chi connectivity index (χ2n) is 4.10. The topological polar surface area (TPSA) is 38.7 Å². The molecule has 3 nitrogen and oxygen atoms in total. The Bertz CT molecular complexity index is 356. The van der Waals surface area contributed by atoms with E-state index in [4.69, 9.17) is 9.47 Å². The first-order valence-corrected chi connectivity index (χ1v) is 5.08. The van der Waals surface area contributed by atoms with Crippen molar-refractivity contribution in [3.63, 3.8) is 0 Å². The van der Waals surface area contributed by atoms with Gasteiger partial charge in [0.1, 0.15) is 0 Å². The summed E-state index contributed by atoms with van der Waals surface area (Å²) in [6, 6.07) is 5.59. The van der Waals surface area contributed by atoms with E-state index in [-0.39, 0.29) is 11.2 Å². The molecule has 0 unspecified atom stereocenters. The highest BCUT2D eigenvalue weighted by Crippen LogP contribution is 2.49. The van der Waals surface area contributed by atoms with Crippen LogP contribution in [0.15, 0.2) is 18.2 Å². The first kappa shape index (κ1) is 10.3. The molecule has 1 aliphatic rings.